The zero-order valence-electron chi connectivity index (χ0n) is 11.2. The maximum Gasteiger partial charge on any atom is 0.371 e. The summed E-state index contributed by atoms with van der Waals surface area (Å²) in [5.41, 5.74) is -0.361. The van der Waals surface area contributed by atoms with Crippen LogP contribution in [0.2, 0.25) is 0 Å². The van der Waals surface area contributed by atoms with Crippen LogP contribution in [0.4, 0.5) is 0 Å². The first kappa shape index (κ1) is 15.4. The molecule has 0 amide bonds. The van der Waals surface area contributed by atoms with E-state index in [1.807, 2.05) is 6.26 Å². The van der Waals surface area contributed by atoms with Gasteiger partial charge in [0, 0.05) is 11.8 Å². The molecule has 1 aromatic carbocycles. The molecule has 7 heteroatoms. The topological polar surface area (TPSA) is 97.0 Å². The minimum Gasteiger partial charge on any atom is -0.490 e. The quantitative estimate of drug-likeness (QED) is 0.836. The van der Waals surface area contributed by atoms with Crippen LogP contribution in [0.25, 0.3) is 11.0 Å². The van der Waals surface area contributed by atoms with Gasteiger partial charge in [0.25, 0.3) is 0 Å². The number of carbonyl (C=O) groups is 1. The number of aromatic carboxylic acids is 1. The third kappa shape index (κ3) is 3.56. The Balaban J connectivity index is 2.37. The Morgan fingerprint density at radius 2 is 2.24 bits per heavy atom. The molecule has 0 radical (unpaired) electrons. The highest BCUT2D eigenvalue weighted by molar-refractivity contribution is 7.98. The molecule has 0 aliphatic rings. The number of ether oxygens (including phenoxy) is 1. The van der Waals surface area contributed by atoms with Crippen LogP contribution in [0.5, 0.6) is 5.75 Å². The number of hydrogen-bond acceptors (Lipinski definition) is 6. The van der Waals surface area contributed by atoms with E-state index in [9.17, 15) is 14.7 Å². The van der Waals surface area contributed by atoms with E-state index < -0.39 is 23.3 Å². The van der Waals surface area contributed by atoms with Gasteiger partial charge in [-0.25, -0.2) is 4.79 Å². The average Bonchev–Trinajstić information content (AvgIpc) is 2.44. The number of carboxylic acids is 1. The summed E-state index contributed by atoms with van der Waals surface area (Å²) in [7, 11) is 0. The maximum atomic E-state index is 12.0. The van der Waals surface area contributed by atoms with E-state index in [-0.39, 0.29) is 23.3 Å². The molecule has 1 heterocycles. The molecule has 0 spiro atoms. The van der Waals surface area contributed by atoms with Crippen molar-refractivity contribution in [3.63, 3.8) is 0 Å². The summed E-state index contributed by atoms with van der Waals surface area (Å²) in [6, 6.07) is 5.57. The first-order valence-corrected chi connectivity index (χ1v) is 7.52. The molecule has 0 unspecified atom stereocenters. The summed E-state index contributed by atoms with van der Waals surface area (Å²) >= 11 is 1.48. The van der Waals surface area contributed by atoms with Crippen molar-refractivity contribution >= 4 is 28.7 Å². The second kappa shape index (κ2) is 6.64. The molecule has 1 atom stereocenters. The highest BCUT2D eigenvalue weighted by Crippen LogP contribution is 2.23. The van der Waals surface area contributed by atoms with Gasteiger partial charge in [0.2, 0.25) is 5.76 Å². The second-order valence-corrected chi connectivity index (χ2v) is 5.24. The van der Waals surface area contributed by atoms with Crippen molar-refractivity contribution in [2.45, 2.75) is 6.10 Å². The first-order chi connectivity index (χ1) is 10.0. The molecular weight excluding hydrogens is 296 g/mol. The van der Waals surface area contributed by atoms with Crippen molar-refractivity contribution in [1.82, 2.24) is 0 Å². The number of thioether (sulfide) groups is 1. The molecule has 0 saturated heterocycles. The largest absolute Gasteiger partial charge is 0.490 e. The highest BCUT2D eigenvalue weighted by Gasteiger charge is 2.14. The van der Waals surface area contributed by atoms with E-state index in [1.165, 1.54) is 17.8 Å². The highest BCUT2D eigenvalue weighted by atomic mass is 32.2. The molecule has 0 saturated carbocycles. The summed E-state index contributed by atoms with van der Waals surface area (Å²) in [4.78, 5) is 22.9. The lowest BCUT2D eigenvalue weighted by Crippen LogP contribution is -2.20. The fourth-order valence-corrected chi connectivity index (χ4v) is 2.31. The van der Waals surface area contributed by atoms with Gasteiger partial charge in [-0.3, -0.25) is 4.79 Å². The molecule has 2 rings (SSSR count). The number of aliphatic hydroxyl groups is 1. The Morgan fingerprint density at radius 3 is 2.90 bits per heavy atom. The maximum absolute atomic E-state index is 12.0. The lowest BCUT2D eigenvalue weighted by molar-refractivity contribution is 0.0663. The molecule has 2 N–H and O–H groups in total. The average molecular weight is 310 g/mol. The van der Waals surface area contributed by atoms with Crippen molar-refractivity contribution < 1.29 is 24.2 Å². The molecular formula is C14H14O6S. The lowest BCUT2D eigenvalue weighted by Gasteiger charge is -2.12. The van der Waals surface area contributed by atoms with Crippen molar-refractivity contribution in [2.75, 3.05) is 18.6 Å². The zero-order chi connectivity index (χ0) is 15.4. The van der Waals surface area contributed by atoms with Crippen LogP contribution < -0.4 is 10.2 Å². The van der Waals surface area contributed by atoms with Crippen molar-refractivity contribution in [2.24, 2.45) is 0 Å². The summed E-state index contributed by atoms with van der Waals surface area (Å²) in [6.07, 6.45) is 1.21. The van der Waals surface area contributed by atoms with Gasteiger partial charge in [-0.2, -0.15) is 11.8 Å². The number of aliphatic hydroxyl groups excluding tert-OH is 1. The number of carboxylic acid groups (broad SMARTS) is 1. The van der Waals surface area contributed by atoms with E-state index in [0.29, 0.717) is 5.75 Å². The van der Waals surface area contributed by atoms with E-state index in [4.69, 9.17) is 14.3 Å². The lowest BCUT2D eigenvalue weighted by atomic mass is 10.2. The van der Waals surface area contributed by atoms with Crippen molar-refractivity contribution in [3.8, 4) is 5.75 Å². The summed E-state index contributed by atoms with van der Waals surface area (Å²) in [5.74, 6) is -0.955. The standard InChI is InChI=1S/C14H14O6S/c1-21-7-8(15)6-19-10-3-2-4-11-13(10)9(16)5-12(20-11)14(17)18/h2-5,8,15H,6-7H2,1H3,(H,17,18)/t8-/m0/s1. The molecule has 1 aromatic heterocycles. The Hall–Kier alpha value is -1.99. The number of hydrogen-bond donors (Lipinski definition) is 2. The molecule has 112 valence electrons. The normalized spacial score (nSPS) is 12.3. The monoisotopic (exact) mass is 310 g/mol. The van der Waals surface area contributed by atoms with Gasteiger partial charge in [-0.05, 0) is 18.4 Å². The van der Waals surface area contributed by atoms with Crippen LogP contribution in [-0.4, -0.2) is 40.9 Å². The molecule has 0 fully saturated rings. The fraction of sp³-hybridized carbons (Fsp3) is 0.286. The SMILES string of the molecule is CSC[C@@H](O)COc1cccc2oc(C(=O)O)cc(=O)c12. The predicted molar refractivity (Wildman–Crippen MR) is 79.3 cm³/mol. The van der Waals surface area contributed by atoms with Crippen LogP contribution in [-0.2, 0) is 0 Å². The van der Waals surface area contributed by atoms with Crippen LogP contribution in [0, 0.1) is 0 Å². The molecule has 0 bridgehead atoms. The van der Waals surface area contributed by atoms with Gasteiger partial charge in [0.05, 0.1) is 6.10 Å². The summed E-state index contributed by atoms with van der Waals surface area (Å²) in [6.45, 7) is 0.0417. The van der Waals surface area contributed by atoms with Gasteiger partial charge < -0.3 is 19.4 Å². The smallest absolute Gasteiger partial charge is 0.371 e. The molecule has 2 aromatic rings. The molecule has 6 nitrogen and oxygen atoms in total. The summed E-state index contributed by atoms with van der Waals surface area (Å²) < 4.78 is 10.6. The molecule has 21 heavy (non-hydrogen) atoms. The van der Waals surface area contributed by atoms with Gasteiger partial charge in [0.15, 0.2) is 5.43 Å². The van der Waals surface area contributed by atoms with Gasteiger partial charge in [0.1, 0.15) is 23.3 Å². The van der Waals surface area contributed by atoms with Crippen molar-refractivity contribution in [1.29, 1.82) is 0 Å². The minimum absolute atomic E-state index is 0.0417. The predicted octanol–water partition coefficient (Wildman–Crippen LogP) is 1.59. The van der Waals surface area contributed by atoms with Gasteiger partial charge in [-0.1, -0.05) is 6.07 Å². The first-order valence-electron chi connectivity index (χ1n) is 6.13. The van der Waals surface area contributed by atoms with Crippen LogP contribution in [0.1, 0.15) is 10.6 Å². The van der Waals surface area contributed by atoms with E-state index in [1.54, 1.807) is 12.1 Å². The Morgan fingerprint density at radius 1 is 1.48 bits per heavy atom. The van der Waals surface area contributed by atoms with Gasteiger partial charge >= 0.3 is 5.97 Å². The number of rotatable bonds is 6. The van der Waals surface area contributed by atoms with E-state index >= 15 is 0 Å². The summed E-state index contributed by atoms with van der Waals surface area (Å²) in [5, 5.41) is 18.7. The molecule has 0 aliphatic carbocycles. The third-order valence-electron chi connectivity index (χ3n) is 2.72. The Bertz CT molecular complexity index is 708. The van der Waals surface area contributed by atoms with E-state index in [0.717, 1.165) is 6.07 Å². The second-order valence-electron chi connectivity index (χ2n) is 4.33. The number of fused-ring (bicyclic) bond motifs is 1. The minimum atomic E-state index is -1.31. The number of benzene rings is 1. The zero-order valence-corrected chi connectivity index (χ0v) is 12.1. The Labute approximate surface area is 124 Å². The fourth-order valence-electron chi connectivity index (χ4n) is 1.83. The van der Waals surface area contributed by atoms with Crippen LogP contribution in [0.15, 0.2) is 33.5 Å². The van der Waals surface area contributed by atoms with E-state index in [2.05, 4.69) is 0 Å². The molecule has 0 aliphatic heterocycles. The van der Waals surface area contributed by atoms with Crippen molar-refractivity contribution in [3.05, 3.63) is 40.2 Å². The Kier molecular flexibility index (Phi) is 4.87. The van der Waals surface area contributed by atoms with Crippen LogP contribution in [0.3, 0.4) is 0 Å². The van der Waals surface area contributed by atoms with Gasteiger partial charge in [-0.15, -0.1) is 0 Å². The van der Waals surface area contributed by atoms with Crippen LogP contribution >= 0.6 is 11.8 Å². The third-order valence-corrected chi connectivity index (χ3v) is 3.44.